The normalized spacial score (nSPS) is 12.8. The van der Waals surface area contributed by atoms with Gasteiger partial charge in [0.25, 0.3) is 0 Å². The summed E-state index contributed by atoms with van der Waals surface area (Å²) in [6, 6.07) is 0. The molecule has 0 heterocycles. The van der Waals surface area contributed by atoms with Gasteiger partial charge in [0.1, 0.15) is 0 Å². The number of thioether (sulfide) groups is 1. The highest BCUT2D eigenvalue weighted by molar-refractivity contribution is 7.99. The maximum Gasteiger partial charge on any atom is 0.307 e. The zero-order valence-electron chi connectivity index (χ0n) is 8.58. The van der Waals surface area contributed by atoms with Crippen molar-refractivity contribution in [2.75, 3.05) is 11.5 Å². The van der Waals surface area contributed by atoms with Crippen LogP contribution in [0.2, 0.25) is 0 Å². The highest BCUT2D eigenvalue weighted by Gasteiger charge is 2.09. The molecule has 13 heavy (non-hydrogen) atoms. The Morgan fingerprint density at radius 3 is 2.62 bits per heavy atom. The number of carbonyl (C=O) groups is 1. The third kappa shape index (κ3) is 8.16. The van der Waals surface area contributed by atoms with E-state index < -0.39 is 5.97 Å². The van der Waals surface area contributed by atoms with Gasteiger partial charge in [-0.15, -0.1) is 0 Å². The van der Waals surface area contributed by atoms with E-state index in [1.54, 1.807) is 18.7 Å². The molecule has 0 aliphatic heterocycles. The zero-order chi connectivity index (χ0) is 10.1. The molecule has 0 spiro atoms. The Morgan fingerprint density at radius 1 is 1.38 bits per heavy atom. The summed E-state index contributed by atoms with van der Waals surface area (Å²) < 4.78 is 0. The monoisotopic (exact) mass is 204 g/mol. The molecule has 2 nitrogen and oxygen atoms in total. The van der Waals surface area contributed by atoms with Crippen LogP contribution in [0.4, 0.5) is 0 Å². The van der Waals surface area contributed by atoms with E-state index in [2.05, 4.69) is 6.92 Å². The zero-order valence-corrected chi connectivity index (χ0v) is 9.40. The largest absolute Gasteiger partial charge is 0.481 e. The summed E-state index contributed by atoms with van der Waals surface area (Å²) in [6.45, 7) is 3.96. The fourth-order valence-electron chi connectivity index (χ4n) is 0.962. The number of unbranched alkanes of at least 4 members (excludes halogenated alkanes) is 3. The predicted molar refractivity (Wildman–Crippen MR) is 58.3 cm³/mol. The van der Waals surface area contributed by atoms with Crippen molar-refractivity contribution < 1.29 is 9.90 Å². The van der Waals surface area contributed by atoms with Gasteiger partial charge in [-0.05, 0) is 12.2 Å². The molecule has 0 aliphatic rings. The lowest BCUT2D eigenvalue weighted by Crippen LogP contribution is -2.11. The van der Waals surface area contributed by atoms with E-state index in [1.165, 1.54) is 25.7 Å². The van der Waals surface area contributed by atoms with Crippen molar-refractivity contribution in [1.82, 2.24) is 0 Å². The first-order valence-corrected chi connectivity index (χ1v) is 6.14. The Labute approximate surface area is 85.1 Å². The molecular weight excluding hydrogens is 184 g/mol. The van der Waals surface area contributed by atoms with Crippen LogP contribution in [0, 0.1) is 5.92 Å². The molecule has 0 fully saturated rings. The highest BCUT2D eigenvalue weighted by Crippen LogP contribution is 2.11. The molecule has 0 aromatic carbocycles. The molecule has 0 rings (SSSR count). The summed E-state index contributed by atoms with van der Waals surface area (Å²) in [6.07, 6.45) is 5.07. The lowest BCUT2D eigenvalue weighted by molar-refractivity contribution is -0.140. The average Bonchev–Trinajstić information content (AvgIpc) is 2.10. The molecular formula is C10H20O2S. The number of aliphatic carboxylic acids is 1. The smallest absolute Gasteiger partial charge is 0.307 e. The molecule has 1 atom stereocenters. The van der Waals surface area contributed by atoms with E-state index in [1.807, 2.05) is 0 Å². The third-order valence-electron chi connectivity index (χ3n) is 1.93. The second kappa shape index (κ2) is 8.42. The fourth-order valence-corrected chi connectivity index (χ4v) is 2.03. The van der Waals surface area contributed by atoms with Crippen molar-refractivity contribution in [1.29, 1.82) is 0 Å². The lowest BCUT2D eigenvalue weighted by atomic mass is 10.2. The molecule has 0 aromatic heterocycles. The second-order valence-electron chi connectivity index (χ2n) is 3.37. The molecule has 0 aromatic rings. The second-order valence-corrected chi connectivity index (χ2v) is 4.52. The minimum absolute atomic E-state index is 0.198. The summed E-state index contributed by atoms with van der Waals surface area (Å²) >= 11 is 1.76. The first-order valence-electron chi connectivity index (χ1n) is 4.99. The van der Waals surface area contributed by atoms with Crippen LogP contribution in [0.25, 0.3) is 0 Å². The van der Waals surface area contributed by atoms with E-state index in [0.29, 0.717) is 0 Å². The van der Waals surface area contributed by atoms with E-state index in [4.69, 9.17) is 5.11 Å². The van der Waals surface area contributed by atoms with Crippen molar-refractivity contribution in [2.24, 2.45) is 5.92 Å². The summed E-state index contributed by atoms with van der Waals surface area (Å²) in [5.41, 5.74) is 0. The Bertz CT molecular complexity index is 137. The van der Waals surface area contributed by atoms with Gasteiger partial charge in [0, 0.05) is 5.75 Å². The van der Waals surface area contributed by atoms with Gasteiger partial charge >= 0.3 is 5.97 Å². The van der Waals surface area contributed by atoms with E-state index in [-0.39, 0.29) is 5.92 Å². The molecule has 78 valence electrons. The first-order chi connectivity index (χ1) is 6.18. The maximum atomic E-state index is 10.5. The molecule has 3 heteroatoms. The van der Waals surface area contributed by atoms with Gasteiger partial charge in [-0.25, -0.2) is 0 Å². The average molecular weight is 204 g/mol. The van der Waals surface area contributed by atoms with E-state index in [9.17, 15) is 4.79 Å². The SMILES string of the molecule is CCCCCCSCC(C)C(=O)O. The first kappa shape index (κ1) is 12.8. The number of hydrogen-bond acceptors (Lipinski definition) is 2. The molecule has 0 amide bonds. The molecule has 0 aliphatic carbocycles. The molecule has 0 saturated carbocycles. The minimum Gasteiger partial charge on any atom is -0.481 e. The number of hydrogen-bond donors (Lipinski definition) is 1. The Morgan fingerprint density at radius 2 is 2.08 bits per heavy atom. The topological polar surface area (TPSA) is 37.3 Å². The minimum atomic E-state index is -0.680. The van der Waals surface area contributed by atoms with E-state index in [0.717, 1.165) is 11.5 Å². The maximum absolute atomic E-state index is 10.5. The van der Waals surface area contributed by atoms with Gasteiger partial charge in [-0.1, -0.05) is 33.1 Å². The van der Waals surface area contributed by atoms with Crippen molar-refractivity contribution in [3.05, 3.63) is 0 Å². The standard InChI is InChI=1S/C10H20O2S/c1-3-4-5-6-7-13-8-9(2)10(11)12/h9H,3-8H2,1-2H3,(H,11,12). The van der Waals surface area contributed by atoms with E-state index >= 15 is 0 Å². The molecule has 0 bridgehead atoms. The Balaban J connectivity index is 3.11. The van der Waals surface area contributed by atoms with Crippen LogP contribution < -0.4 is 0 Å². The van der Waals surface area contributed by atoms with Gasteiger partial charge in [0.15, 0.2) is 0 Å². The lowest BCUT2D eigenvalue weighted by Gasteiger charge is -2.04. The summed E-state index contributed by atoms with van der Waals surface area (Å²) in [7, 11) is 0. The van der Waals surface area contributed by atoms with Crippen LogP contribution >= 0.6 is 11.8 Å². The van der Waals surface area contributed by atoms with Crippen LogP contribution in [0.5, 0.6) is 0 Å². The van der Waals surface area contributed by atoms with Crippen LogP contribution in [0.3, 0.4) is 0 Å². The third-order valence-corrected chi connectivity index (χ3v) is 3.24. The van der Waals surface area contributed by atoms with Gasteiger partial charge in [0.05, 0.1) is 5.92 Å². The van der Waals surface area contributed by atoms with Crippen molar-refractivity contribution in [3.63, 3.8) is 0 Å². The van der Waals surface area contributed by atoms with Crippen molar-refractivity contribution in [3.8, 4) is 0 Å². The Kier molecular flexibility index (Phi) is 8.30. The molecule has 1 unspecified atom stereocenters. The Hall–Kier alpha value is -0.180. The number of carboxylic acids is 1. The van der Waals surface area contributed by atoms with Gasteiger partial charge < -0.3 is 5.11 Å². The van der Waals surface area contributed by atoms with Crippen LogP contribution in [-0.2, 0) is 4.79 Å². The summed E-state index contributed by atoms with van der Waals surface area (Å²) in [5, 5.41) is 8.61. The number of rotatable bonds is 8. The van der Waals surface area contributed by atoms with Crippen LogP contribution in [0.1, 0.15) is 39.5 Å². The molecule has 0 radical (unpaired) electrons. The fraction of sp³-hybridized carbons (Fsp3) is 0.900. The van der Waals surface area contributed by atoms with Gasteiger partial charge in [-0.2, -0.15) is 11.8 Å². The van der Waals surface area contributed by atoms with Crippen LogP contribution in [-0.4, -0.2) is 22.6 Å². The van der Waals surface area contributed by atoms with Gasteiger partial charge in [0.2, 0.25) is 0 Å². The summed E-state index contributed by atoms with van der Waals surface area (Å²) in [4.78, 5) is 10.5. The van der Waals surface area contributed by atoms with Crippen molar-refractivity contribution in [2.45, 2.75) is 39.5 Å². The van der Waals surface area contributed by atoms with Crippen LogP contribution in [0.15, 0.2) is 0 Å². The molecule has 1 N–H and O–H groups in total. The summed E-state index contributed by atoms with van der Waals surface area (Å²) in [5.74, 6) is 0.983. The quantitative estimate of drug-likeness (QED) is 0.617. The highest BCUT2D eigenvalue weighted by atomic mass is 32.2. The van der Waals surface area contributed by atoms with Crippen molar-refractivity contribution >= 4 is 17.7 Å². The molecule has 0 saturated heterocycles. The van der Waals surface area contributed by atoms with Gasteiger partial charge in [-0.3, -0.25) is 4.79 Å². The number of carboxylic acid groups (broad SMARTS) is 1. The predicted octanol–water partition coefficient (Wildman–Crippen LogP) is 3.02.